The van der Waals surface area contributed by atoms with Gasteiger partial charge in [0.1, 0.15) is 48.0 Å². The van der Waals surface area contributed by atoms with E-state index in [0.717, 1.165) is 4.90 Å². The van der Waals surface area contributed by atoms with Crippen molar-refractivity contribution in [2.24, 2.45) is 35.5 Å². The number of carbonyl (C=O) groups excluding carboxylic acids is 9. The number of aliphatic hydroxyl groups is 1. The second-order valence-electron chi connectivity index (χ2n) is 28.5. The molecule has 2 bridgehead atoms. The Morgan fingerprint density at radius 3 is 1.69 bits per heavy atom. The van der Waals surface area contributed by atoms with Gasteiger partial charge >= 0.3 is 0 Å². The first-order valence-corrected chi connectivity index (χ1v) is 33.1. The van der Waals surface area contributed by atoms with Crippen LogP contribution in [0.15, 0.2) is 12.2 Å². The van der Waals surface area contributed by atoms with E-state index in [2.05, 4.69) is 21.3 Å². The van der Waals surface area contributed by atoms with E-state index in [1.54, 1.807) is 62.6 Å². The van der Waals surface area contributed by atoms with Gasteiger partial charge in [-0.05, 0) is 116 Å². The summed E-state index contributed by atoms with van der Waals surface area (Å²) in [6.07, 6.45) is 2.69. The molecule has 522 valence electrons. The molecule has 16 unspecified atom stereocenters. The van der Waals surface area contributed by atoms with Gasteiger partial charge < -0.3 is 60.5 Å². The number of likely N-dealkylation sites (N-methyl/N-ethyl adjacent to an activating group) is 7. The average Bonchev–Trinajstić information content (AvgIpc) is 2.41. The number of fused-ring (bicyclic) bond motifs is 3. The zero-order chi connectivity index (χ0) is 69.8. The Morgan fingerprint density at radius 2 is 1.18 bits per heavy atom. The smallest absolute Gasteiger partial charge is 0.261 e. The summed E-state index contributed by atoms with van der Waals surface area (Å²) in [5.41, 5.74) is -1.87. The number of rotatable bonds is 14. The molecule has 3 saturated heterocycles. The molecule has 3 aliphatic heterocycles. The summed E-state index contributed by atoms with van der Waals surface area (Å²) in [5, 5.41) is 24.5. The number of nitrogens with zero attached hydrogens (tertiary/aromatic N) is 8. The van der Waals surface area contributed by atoms with Crippen LogP contribution < -0.4 is 21.3 Å². The van der Waals surface area contributed by atoms with Crippen LogP contribution in [0, 0.1) is 35.5 Å². The third-order valence-corrected chi connectivity index (χ3v) is 19.2. The van der Waals surface area contributed by atoms with Crippen molar-refractivity contribution in [2.75, 3.05) is 75.5 Å². The van der Waals surface area contributed by atoms with Crippen LogP contribution >= 0.6 is 0 Å². The minimum Gasteiger partial charge on any atom is -0.374 e. The number of ether oxygens (including phenoxy) is 1. The molecular formula is C66H118F2N12O11. The monoisotopic (exact) mass is 1290 g/mol. The Balaban J connectivity index is 2.34. The Labute approximate surface area is 543 Å². The number of likely N-dealkylation sites (tertiary alicyclic amines) is 1. The maximum Gasteiger partial charge on any atom is 0.261 e. The summed E-state index contributed by atoms with van der Waals surface area (Å²) in [4.78, 5) is 145. The van der Waals surface area contributed by atoms with Crippen molar-refractivity contribution < 1.29 is 61.8 Å². The van der Waals surface area contributed by atoms with Gasteiger partial charge in [0, 0.05) is 74.4 Å². The Kier molecular flexibility index (Phi) is 30.0. The lowest BCUT2D eigenvalue weighted by Gasteiger charge is -2.45. The molecule has 3 heterocycles. The van der Waals surface area contributed by atoms with Gasteiger partial charge in [0.25, 0.3) is 5.92 Å². The number of carbonyl (C=O) groups is 9. The minimum absolute atomic E-state index is 0.0177. The highest BCUT2D eigenvalue weighted by Crippen LogP contribution is 2.32. The fourth-order valence-electron chi connectivity index (χ4n) is 12.9. The molecule has 23 nitrogen and oxygen atoms in total. The summed E-state index contributed by atoms with van der Waals surface area (Å²) in [7, 11) is 10.4. The van der Waals surface area contributed by atoms with Crippen LogP contribution in [0.25, 0.3) is 0 Å². The van der Waals surface area contributed by atoms with Crippen LogP contribution in [-0.2, 0) is 47.9 Å². The molecular weight excluding hydrogens is 1170 g/mol. The number of allylic oxidation sites excluding steroid dienone is 2. The molecule has 0 aromatic heterocycles. The molecule has 0 radical (unpaired) electrons. The highest BCUT2D eigenvalue weighted by Gasteiger charge is 2.51. The van der Waals surface area contributed by atoms with Crippen LogP contribution in [-0.4, -0.2) is 263 Å². The van der Waals surface area contributed by atoms with Crippen molar-refractivity contribution in [1.29, 1.82) is 0 Å². The molecule has 5 N–H and O–H groups in total. The summed E-state index contributed by atoms with van der Waals surface area (Å²) >= 11 is 0. The summed E-state index contributed by atoms with van der Waals surface area (Å²) in [6, 6.07) is -12.3. The summed E-state index contributed by atoms with van der Waals surface area (Å²) in [6.45, 7) is 29.7. The molecule has 0 saturated carbocycles. The van der Waals surface area contributed by atoms with Crippen molar-refractivity contribution in [3.63, 3.8) is 0 Å². The van der Waals surface area contributed by atoms with E-state index in [1.165, 1.54) is 83.4 Å². The standard InChI is InChI=1S/C66H118F2N12O11/c1-25-27-28-41(11)55-54-58(83)71-48(26-2)60(85)73(18)44(14)59(84)76(21)52(42(12)35-80-30-29-66(67,68)36-80)57(82)72-51(40(9)10)63(88)74(19)47(31-37(3)4)34-69-43(13)56(81)70-46(16)65(17,90)79(24)50(33-39(7)8)62(87)75(20)49(32-38(5)6)61(86)77(22)53(45(15)91-55)64(89)78(54)23/h25,27,37-55,69,90H,26,28-36H2,1-24H3,(H,70,81)(H,71,83)(H,72,82). The van der Waals surface area contributed by atoms with Crippen LogP contribution in [0.4, 0.5) is 8.78 Å². The lowest BCUT2D eigenvalue weighted by molar-refractivity contribution is -0.164. The number of hydrogen-bond donors (Lipinski definition) is 5. The number of alkyl halides is 2. The summed E-state index contributed by atoms with van der Waals surface area (Å²) in [5.74, 6) is -10.4. The molecule has 16 atom stereocenters. The highest BCUT2D eigenvalue weighted by atomic mass is 19.3. The topological polar surface area (TPSA) is 257 Å². The predicted octanol–water partition coefficient (Wildman–Crippen LogP) is 4.01. The zero-order valence-corrected chi connectivity index (χ0v) is 59.6. The van der Waals surface area contributed by atoms with Gasteiger partial charge in [-0.1, -0.05) is 88.3 Å². The van der Waals surface area contributed by atoms with Gasteiger partial charge in [-0.2, -0.15) is 0 Å². The molecule has 0 aliphatic carbocycles. The molecule has 9 amide bonds. The van der Waals surface area contributed by atoms with E-state index in [9.17, 15) is 33.1 Å². The number of hydrogen-bond acceptors (Lipinski definition) is 14. The van der Waals surface area contributed by atoms with Gasteiger partial charge in [-0.25, -0.2) is 8.78 Å². The zero-order valence-electron chi connectivity index (χ0n) is 59.6. The number of halogens is 2. The second-order valence-corrected chi connectivity index (χ2v) is 28.5. The van der Waals surface area contributed by atoms with E-state index < -0.39 is 168 Å². The van der Waals surface area contributed by atoms with E-state index in [1.807, 2.05) is 67.5 Å². The van der Waals surface area contributed by atoms with Crippen molar-refractivity contribution in [2.45, 2.75) is 247 Å². The van der Waals surface area contributed by atoms with Crippen molar-refractivity contribution in [3.05, 3.63) is 12.2 Å². The SMILES string of the molecule is CC=CCC(C)C1OC(C)C2C(=O)N(C)C1C(=O)NC(CC)C(=O)N(C)C(C)C(=O)N(C)C(C(C)CN1CCC(F)(F)C1)C(=O)NC(C(C)C)C(=O)N(C)C(CC(C)C)CNC(C)C(=O)NC(C)C(C)(O)N(C)C(CC(C)C)C(=O)N(C)C(CC(C)C)C(=O)N2C. The molecule has 3 fully saturated rings. The molecule has 0 aromatic rings. The van der Waals surface area contributed by atoms with E-state index in [4.69, 9.17) is 4.74 Å². The van der Waals surface area contributed by atoms with Gasteiger partial charge in [0.15, 0.2) is 0 Å². The van der Waals surface area contributed by atoms with Gasteiger partial charge in [0.05, 0.1) is 36.9 Å². The lowest BCUT2D eigenvalue weighted by Crippen LogP contribution is -2.65. The van der Waals surface area contributed by atoms with Gasteiger partial charge in [-0.15, -0.1) is 0 Å². The van der Waals surface area contributed by atoms with Crippen molar-refractivity contribution >= 4 is 53.2 Å². The van der Waals surface area contributed by atoms with Crippen LogP contribution in [0.3, 0.4) is 0 Å². The van der Waals surface area contributed by atoms with Crippen molar-refractivity contribution in [3.8, 4) is 0 Å². The van der Waals surface area contributed by atoms with Crippen molar-refractivity contribution in [1.82, 2.24) is 60.5 Å². The molecule has 0 spiro atoms. The lowest BCUT2D eigenvalue weighted by atomic mass is 9.92. The summed E-state index contributed by atoms with van der Waals surface area (Å²) < 4.78 is 36.1. The molecule has 0 aromatic carbocycles. The predicted molar refractivity (Wildman–Crippen MR) is 348 cm³/mol. The Morgan fingerprint density at radius 1 is 0.626 bits per heavy atom. The average molecular weight is 1290 g/mol. The normalized spacial score (nSPS) is 32.4. The quantitative estimate of drug-likeness (QED) is 0.154. The third-order valence-electron chi connectivity index (χ3n) is 19.2. The minimum atomic E-state index is -2.96. The molecule has 25 heteroatoms. The maximum atomic E-state index is 15.3. The Bertz CT molecular complexity index is 2520. The molecule has 3 aliphatic rings. The maximum absolute atomic E-state index is 15.3. The third kappa shape index (κ3) is 20.3. The first-order valence-electron chi connectivity index (χ1n) is 33.1. The second kappa shape index (κ2) is 34.2. The van der Waals surface area contributed by atoms with Crippen LogP contribution in [0.5, 0.6) is 0 Å². The van der Waals surface area contributed by atoms with E-state index >= 15 is 24.0 Å². The van der Waals surface area contributed by atoms with Gasteiger partial charge in [-0.3, -0.25) is 53.0 Å². The van der Waals surface area contributed by atoms with Gasteiger partial charge in [0.2, 0.25) is 53.2 Å². The van der Waals surface area contributed by atoms with Crippen LogP contribution in [0.1, 0.15) is 156 Å². The fourth-order valence-corrected chi connectivity index (χ4v) is 12.9. The highest BCUT2D eigenvalue weighted by molar-refractivity contribution is 5.98. The number of amides is 9. The fraction of sp³-hybridized carbons (Fsp3) is 0.833. The van der Waals surface area contributed by atoms with E-state index in [-0.39, 0.29) is 63.1 Å². The first-order chi connectivity index (χ1) is 42.0. The molecule has 91 heavy (non-hydrogen) atoms. The first kappa shape index (κ1) is 79.9. The van der Waals surface area contributed by atoms with Crippen LogP contribution in [0.2, 0.25) is 0 Å². The largest absolute Gasteiger partial charge is 0.374 e. The number of nitrogens with one attached hydrogen (secondary N) is 4. The Hall–Kier alpha value is -5.37. The van der Waals surface area contributed by atoms with E-state index in [0.29, 0.717) is 12.8 Å². The molecule has 3 rings (SSSR count).